The molecule has 0 spiro atoms. The van der Waals surface area contributed by atoms with Crippen molar-refractivity contribution in [1.82, 2.24) is 4.98 Å². The van der Waals surface area contributed by atoms with Gasteiger partial charge in [-0.25, -0.2) is 4.39 Å². The normalized spacial score (nSPS) is 10.9. The molecule has 0 radical (unpaired) electrons. The number of halogens is 1. The highest BCUT2D eigenvalue weighted by atomic mass is 32.2. The zero-order chi connectivity index (χ0) is 16.2. The van der Waals surface area contributed by atoms with Crippen molar-refractivity contribution in [2.45, 2.75) is 18.2 Å². The molecule has 0 saturated carbocycles. The molecule has 0 amide bonds. The molecule has 2 aromatic carbocycles. The van der Waals surface area contributed by atoms with Crippen molar-refractivity contribution in [1.29, 1.82) is 0 Å². The molecule has 0 aliphatic heterocycles. The fourth-order valence-corrected chi connectivity index (χ4v) is 3.72. The first-order valence-electron chi connectivity index (χ1n) is 7.48. The molecule has 118 valence electrons. The molecule has 3 aromatic rings. The van der Waals surface area contributed by atoms with Crippen molar-refractivity contribution in [3.8, 4) is 5.75 Å². The Bertz CT molecular complexity index is 806. The summed E-state index contributed by atoms with van der Waals surface area (Å²) in [5.74, 6) is 0.917. The lowest BCUT2D eigenvalue weighted by atomic mass is 10.1. The van der Waals surface area contributed by atoms with Crippen LogP contribution in [0.2, 0.25) is 0 Å². The van der Waals surface area contributed by atoms with Gasteiger partial charge in [0.15, 0.2) is 11.6 Å². The number of nitrogens with zero attached hydrogens (tertiary/aromatic N) is 1. The van der Waals surface area contributed by atoms with E-state index in [1.54, 1.807) is 17.8 Å². The maximum absolute atomic E-state index is 13.9. The number of aromatic nitrogens is 1. The van der Waals surface area contributed by atoms with Gasteiger partial charge in [0.25, 0.3) is 0 Å². The smallest absolute Gasteiger partial charge is 0.165 e. The second-order valence-electron chi connectivity index (χ2n) is 5.36. The lowest BCUT2D eigenvalue weighted by Crippen LogP contribution is -1.96. The van der Waals surface area contributed by atoms with E-state index in [-0.39, 0.29) is 5.82 Å². The lowest BCUT2D eigenvalue weighted by molar-refractivity contribution is 0.383. The Morgan fingerprint density at radius 2 is 2.00 bits per heavy atom. The Labute approximate surface area is 139 Å². The lowest BCUT2D eigenvalue weighted by Gasteiger charge is -2.09. The minimum atomic E-state index is -0.292. The zero-order valence-corrected chi connectivity index (χ0v) is 14.0. The summed E-state index contributed by atoms with van der Waals surface area (Å²) in [6.45, 7) is 1.87. The van der Waals surface area contributed by atoms with E-state index in [0.29, 0.717) is 5.75 Å². The molecule has 0 atom stereocenters. The van der Waals surface area contributed by atoms with Gasteiger partial charge in [-0.15, -0.1) is 11.8 Å². The van der Waals surface area contributed by atoms with Gasteiger partial charge < -0.3 is 4.74 Å². The predicted octanol–water partition coefficient (Wildman–Crippen LogP) is 5.03. The third kappa shape index (κ3) is 3.48. The number of methoxy groups -OCH3 is 1. The fraction of sp³-hybridized carbons (Fsp3) is 0.211. The van der Waals surface area contributed by atoms with Crippen LogP contribution >= 0.6 is 11.8 Å². The first-order chi connectivity index (χ1) is 11.2. The molecule has 3 rings (SSSR count). The van der Waals surface area contributed by atoms with Crippen LogP contribution in [0.3, 0.4) is 0 Å². The van der Waals surface area contributed by atoms with Gasteiger partial charge in [0.2, 0.25) is 0 Å². The molecule has 0 aliphatic carbocycles. The summed E-state index contributed by atoms with van der Waals surface area (Å²) < 4.78 is 19.0. The summed E-state index contributed by atoms with van der Waals surface area (Å²) in [6, 6.07) is 13.8. The van der Waals surface area contributed by atoms with Crippen molar-refractivity contribution in [2.75, 3.05) is 12.9 Å². The minimum Gasteiger partial charge on any atom is -0.493 e. The third-order valence-electron chi connectivity index (χ3n) is 3.74. The molecular weight excluding hydrogens is 309 g/mol. The van der Waals surface area contributed by atoms with Crippen LogP contribution in [0.4, 0.5) is 4.39 Å². The highest BCUT2D eigenvalue weighted by Gasteiger charge is 2.09. The maximum Gasteiger partial charge on any atom is 0.165 e. The summed E-state index contributed by atoms with van der Waals surface area (Å²) in [6.07, 6.45) is 2.62. The Balaban J connectivity index is 1.72. The van der Waals surface area contributed by atoms with E-state index in [0.717, 1.165) is 39.1 Å². The Morgan fingerprint density at radius 1 is 1.17 bits per heavy atom. The largest absolute Gasteiger partial charge is 0.493 e. The van der Waals surface area contributed by atoms with Gasteiger partial charge in [0, 0.05) is 22.2 Å². The number of para-hydroxylation sites is 1. The molecule has 1 aromatic heterocycles. The van der Waals surface area contributed by atoms with E-state index in [1.807, 2.05) is 31.3 Å². The average Bonchev–Trinajstić information content (AvgIpc) is 2.55. The monoisotopic (exact) mass is 327 g/mol. The summed E-state index contributed by atoms with van der Waals surface area (Å²) in [5, 5.41) is 1.14. The van der Waals surface area contributed by atoms with Crippen molar-refractivity contribution >= 4 is 22.7 Å². The summed E-state index contributed by atoms with van der Waals surface area (Å²) in [4.78, 5) is 5.62. The van der Waals surface area contributed by atoms with Gasteiger partial charge >= 0.3 is 0 Å². The second kappa shape index (κ2) is 7.01. The average molecular weight is 327 g/mol. The second-order valence-corrected chi connectivity index (χ2v) is 6.49. The Hall–Kier alpha value is -2.07. The zero-order valence-electron chi connectivity index (χ0n) is 13.2. The molecule has 0 unspecified atom stereocenters. The number of benzene rings is 2. The topological polar surface area (TPSA) is 22.1 Å². The van der Waals surface area contributed by atoms with Crippen LogP contribution in [0.5, 0.6) is 5.75 Å². The summed E-state index contributed by atoms with van der Waals surface area (Å²) >= 11 is 1.75. The van der Waals surface area contributed by atoms with Gasteiger partial charge in [-0.1, -0.05) is 24.3 Å². The fourth-order valence-electron chi connectivity index (χ4n) is 2.68. The van der Waals surface area contributed by atoms with Gasteiger partial charge in [0.05, 0.1) is 12.6 Å². The van der Waals surface area contributed by atoms with Crippen molar-refractivity contribution in [2.24, 2.45) is 0 Å². The predicted molar refractivity (Wildman–Crippen MR) is 93.9 cm³/mol. The highest BCUT2D eigenvalue weighted by molar-refractivity contribution is 7.99. The van der Waals surface area contributed by atoms with Gasteiger partial charge in [-0.05, 0) is 42.7 Å². The summed E-state index contributed by atoms with van der Waals surface area (Å²) in [5.41, 5.74) is 2.85. The SMILES string of the molecule is COc1c(C)cc(CCSc2cccc3cccnc23)cc1F. The molecule has 2 nitrogen and oxygen atoms in total. The first kappa shape index (κ1) is 15.8. The van der Waals surface area contributed by atoms with Crippen molar-refractivity contribution in [3.63, 3.8) is 0 Å². The number of ether oxygens (including phenoxy) is 1. The molecule has 0 saturated heterocycles. The van der Waals surface area contributed by atoms with Crippen LogP contribution < -0.4 is 4.74 Å². The van der Waals surface area contributed by atoms with Gasteiger partial charge in [-0.2, -0.15) is 0 Å². The molecular formula is C19H18FNOS. The maximum atomic E-state index is 13.9. The minimum absolute atomic E-state index is 0.292. The number of rotatable bonds is 5. The van der Waals surface area contributed by atoms with E-state index >= 15 is 0 Å². The van der Waals surface area contributed by atoms with E-state index in [1.165, 1.54) is 7.11 Å². The number of hydrogen-bond donors (Lipinski definition) is 0. The third-order valence-corrected chi connectivity index (χ3v) is 4.79. The van der Waals surface area contributed by atoms with Crippen molar-refractivity contribution in [3.05, 3.63) is 65.6 Å². The van der Waals surface area contributed by atoms with E-state index < -0.39 is 0 Å². The van der Waals surface area contributed by atoms with Crippen molar-refractivity contribution < 1.29 is 9.13 Å². The van der Waals surface area contributed by atoms with Gasteiger partial charge in [-0.3, -0.25) is 4.98 Å². The van der Waals surface area contributed by atoms with Crippen LogP contribution in [0.1, 0.15) is 11.1 Å². The number of aryl methyl sites for hydroxylation is 2. The number of pyridine rings is 1. The number of fused-ring (bicyclic) bond motifs is 1. The molecule has 0 fully saturated rings. The van der Waals surface area contributed by atoms with E-state index in [4.69, 9.17) is 4.74 Å². The number of hydrogen-bond acceptors (Lipinski definition) is 3. The van der Waals surface area contributed by atoms with Crippen LogP contribution in [0.25, 0.3) is 10.9 Å². The summed E-state index contributed by atoms with van der Waals surface area (Å²) in [7, 11) is 1.49. The van der Waals surface area contributed by atoms with E-state index in [9.17, 15) is 4.39 Å². The Kier molecular flexibility index (Phi) is 4.82. The van der Waals surface area contributed by atoms with Gasteiger partial charge in [0.1, 0.15) is 0 Å². The molecule has 4 heteroatoms. The highest BCUT2D eigenvalue weighted by Crippen LogP contribution is 2.28. The Morgan fingerprint density at radius 3 is 2.78 bits per heavy atom. The van der Waals surface area contributed by atoms with Crippen LogP contribution in [-0.2, 0) is 6.42 Å². The molecule has 23 heavy (non-hydrogen) atoms. The molecule has 0 aliphatic rings. The molecule has 1 heterocycles. The molecule has 0 N–H and O–H groups in total. The van der Waals surface area contributed by atoms with E-state index in [2.05, 4.69) is 23.2 Å². The number of thioether (sulfide) groups is 1. The molecule has 0 bridgehead atoms. The van der Waals surface area contributed by atoms with Crippen LogP contribution in [-0.4, -0.2) is 17.8 Å². The quantitative estimate of drug-likeness (QED) is 0.614. The van der Waals surface area contributed by atoms with Crippen LogP contribution in [0.15, 0.2) is 53.6 Å². The first-order valence-corrected chi connectivity index (χ1v) is 8.47. The standard InChI is InChI=1S/C19H18FNOS/c1-13-11-14(12-16(20)19(13)22-2)8-10-23-17-7-3-5-15-6-4-9-21-18(15)17/h3-7,9,11-12H,8,10H2,1-2H3. The van der Waals surface area contributed by atoms with Crippen LogP contribution in [0, 0.1) is 12.7 Å².